The second-order valence-corrected chi connectivity index (χ2v) is 4.49. The van der Waals surface area contributed by atoms with Crippen molar-refractivity contribution in [1.29, 1.82) is 0 Å². The van der Waals surface area contributed by atoms with Crippen molar-refractivity contribution < 1.29 is 14.1 Å². The molecule has 5 nitrogen and oxygen atoms in total. The molecule has 1 heterocycles. The molecule has 0 spiro atoms. The van der Waals surface area contributed by atoms with E-state index in [0.717, 1.165) is 0 Å². The molecule has 0 aliphatic heterocycles. The van der Waals surface area contributed by atoms with Crippen molar-refractivity contribution in [3.63, 3.8) is 0 Å². The molecule has 0 aliphatic carbocycles. The number of esters is 1. The summed E-state index contributed by atoms with van der Waals surface area (Å²) in [4.78, 5) is 11.4. The summed E-state index contributed by atoms with van der Waals surface area (Å²) in [5.41, 5.74) is 0.405. The van der Waals surface area contributed by atoms with Gasteiger partial charge in [-0.2, -0.15) is 5.10 Å². The lowest BCUT2D eigenvalue weighted by Gasteiger charge is -2.07. The molecular formula is C9H14N2O3S. The number of nitrogens with zero attached hydrogens (tertiary/aromatic N) is 2. The molecule has 6 heteroatoms. The molecule has 1 rings (SSSR count). The lowest BCUT2D eigenvalue weighted by atomic mass is 10.4. The highest BCUT2D eigenvalue weighted by molar-refractivity contribution is 7.90. The fourth-order valence-electron chi connectivity index (χ4n) is 1.10. The smallest absolute Gasteiger partial charge is 0.356 e. The molecule has 1 aromatic rings. The van der Waals surface area contributed by atoms with Crippen LogP contribution in [0.3, 0.4) is 0 Å². The first-order chi connectivity index (χ1) is 7.15. The molecule has 0 saturated carbocycles. The minimum atomic E-state index is -0.888. The predicted octanol–water partition coefficient (Wildman–Crippen LogP) is 0.438. The van der Waals surface area contributed by atoms with Crippen molar-refractivity contribution in [1.82, 2.24) is 9.78 Å². The van der Waals surface area contributed by atoms with Crippen molar-refractivity contribution in [2.45, 2.75) is 13.5 Å². The van der Waals surface area contributed by atoms with Gasteiger partial charge in [-0.25, -0.2) is 4.79 Å². The lowest BCUT2D eigenvalue weighted by molar-refractivity contribution is 0.0512. The molecule has 0 bridgehead atoms. The molecule has 84 valence electrons. The normalized spacial score (nSPS) is 12.5. The summed E-state index contributed by atoms with van der Waals surface area (Å²) in [6.07, 6.45) is 3.15. The minimum Gasteiger partial charge on any atom is -0.617 e. The van der Waals surface area contributed by atoms with Crippen molar-refractivity contribution in [2.75, 3.05) is 18.6 Å². The first kappa shape index (κ1) is 12.1. The second kappa shape index (κ2) is 5.77. The quantitative estimate of drug-likeness (QED) is 0.543. The van der Waals surface area contributed by atoms with Gasteiger partial charge in [-0.1, -0.05) is 11.2 Å². The van der Waals surface area contributed by atoms with Crippen LogP contribution in [0.1, 0.15) is 17.4 Å². The lowest BCUT2D eigenvalue weighted by Crippen LogP contribution is -2.18. The summed E-state index contributed by atoms with van der Waals surface area (Å²) in [6.45, 7) is 2.55. The zero-order valence-electron chi connectivity index (χ0n) is 8.80. The summed E-state index contributed by atoms with van der Waals surface area (Å²) in [6, 6.07) is 1.59. The number of aromatic nitrogens is 2. The van der Waals surface area contributed by atoms with Crippen LogP contribution in [0.25, 0.3) is 0 Å². The number of hydrogen-bond donors (Lipinski definition) is 0. The van der Waals surface area contributed by atoms with E-state index in [0.29, 0.717) is 24.6 Å². The molecule has 0 saturated heterocycles. The van der Waals surface area contributed by atoms with Crippen LogP contribution in [0.4, 0.5) is 0 Å². The second-order valence-electron chi connectivity index (χ2n) is 2.94. The van der Waals surface area contributed by atoms with Gasteiger partial charge in [-0.05, 0) is 13.0 Å². The van der Waals surface area contributed by atoms with Gasteiger partial charge in [0.05, 0.1) is 19.4 Å². The molecule has 1 aromatic heterocycles. The van der Waals surface area contributed by atoms with E-state index in [1.165, 1.54) is 10.9 Å². The Morgan fingerprint density at radius 1 is 1.73 bits per heavy atom. The highest BCUT2D eigenvalue weighted by Crippen LogP contribution is 2.02. The summed E-state index contributed by atoms with van der Waals surface area (Å²) in [5, 5.41) is 3.97. The van der Waals surface area contributed by atoms with Crippen LogP contribution < -0.4 is 0 Å². The van der Waals surface area contributed by atoms with E-state index in [4.69, 9.17) is 4.74 Å². The highest BCUT2D eigenvalue weighted by atomic mass is 32.2. The SMILES string of the molecule is CCOC(=O)c1ccnn1CC[S+](C)[O-]. The van der Waals surface area contributed by atoms with Crippen molar-refractivity contribution in [2.24, 2.45) is 0 Å². The van der Waals surface area contributed by atoms with Gasteiger partial charge in [0.15, 0.2) is 0 Å². The maximum absolute atomic E-state index is 11.4. The Morgan fingerprint density at radius 2 is 2.47 bits per heavy atom. The van der Waals surface area contributed by atoms with E-state index in [2.05, 4.69) is 5.10 Å². The summed E-state index contributed by atoms with van der Waals surface area (Å²) in [5.74, 6) is 0.0885. The number of rotatable bonds is 5. The van der Waals surface area contributed by atoms with Crippen LogP contribution in [-0.4, -0.2) is 38.9 Å². The third-order valence-corrected chi connectivity index (χ3v) is 2.55. The zero-order chi connectivity index (χ0) is 11.3. The summed E-state index contributed by atoms with van der Waals surface area (Å²) < 4.78 is 17.3. The third kappa shape index (κ3) is 3.56. The van der Waals surface area contributed by atoms with E-state index < -0.39 is 17.1 Å². The Bertz CT molecular complexity index is 325. The molecule has 0 radical (unpaired) electrons. The Labute approximate surface area is 91.6 Å². The number of hydrogen-bond acceptors (Lipinski definition) is 4. The fourth-order valence-corrected chi connectivity index (χ4v) is 1.53. The molecule has 1 atom stereocenters. The van der Waals surface area contributed by atoms with E-state index in [1.807, 2.05) is 0 Å². The van der Waals surface area contributed by atoms with Gasteiger partial charge in [0.1, 0.15) is 11.4 Å². The van der Waals surface area contributed by atoms with E-state index >= 15 is 0 Å². The zero-order valence-corrected chi connectivity index (χ0v) is 9.62. The molecule has 0 aromatic carbocycles. The van der Waals surface area contributed by atoms with Crippen LogP contribution >= 0.6 is 0 Å². The first-order valence-electron chi connectivity index (χ1n) is 4.64. The van der Waals surface area contributed by atoms with E-state index in [9.17, 15) is 9.35 Å². The molecule has 0 aliphatic rings. The van der Waals surface area contributed by atoms with Gasteiger partial charge in [-0.15, -0.1) is 0 Å². The van der Waals surface area contributed by atoms with E-state index in [-0.39, 0.29) is 0 Å². The predicted molar refractivity (Wildman–Crippen MR) is 57.1 cm³/mol. The van der Waals surface area contributed by atoms with Gasteiger partial charge in [0.25, 0.3) is 0 Å². The van der Waals surface area contributed by atoms with Crippen LogP contribution in [-0.2, 0) is 22.5 Å². The molecule has 1 unspecified atom stereocenters. The van der Waals surface area contributed by atoms with Gasteiger partial charge >= 0.3 is 5.97 Å². The average molecular weight is 230 g/mol. The molecular weight excluding hydrogens is 216 g/mol. The van der Waals surface area contributed by atoms with Crippen LogP contribution in [0, 0.1) is 0 Å². The topological polar surface area (TPSA) is 67.2 Å². The van der Waals surface area contributed by atoms with Gasteiger partial charge in [0.2, 0.25) is 0 Å². The maximum atomic E-state index is 11.4. The number of carbonyl (C=O) groups is 1. The van der Waals surface area contributed by atoms with Gasteiger partial charge < -0.3 is 9.29 Å². The fraction of sp³-hybridized carbons (Fsp3) is 0.556. The van der Waals surface area contributed by atoms with Crippen molar-refractivity contribution in [3.8, 4) is 0 Å². The third-order valence-electron chi connectivity index (χ3n) is 1.79. The highest BCUT2D eigenvalue weighted by Gasteiger charge is 2.13. The van der Waals surface area contributed by atoms with Crippen molar-refractivity contribution >= 4 is 17.1 Å². The van der Waals surface area contributed by atoms with Crippen LogP contribution in [0.5, 0.6) is 0 Å². The van der Waals surface area contributed by atoms with Crippen molar-refractivity contribution in [3.05, 3.63) is 18.0 Å². The molecule has 15 heavy (non-hydrogen) atoms. The maximum Gasteiger partial charge on any atom is 0.356 e. The summed E-state index contributed by atoms with van der Waals surface area (Å²) >= 11 is -0.888. The first-order valence-corrected chi connectivity index (χ1v) is 6.36. The molecule has 0 N–H and O–H groups in total. The average Bonchev–Trinajstić information content (AvgIpc) is 2.62. The van der Waals surface area contributed by atoms with Crippen LogP contribution in [0.2, 0.25) is 0 Å². The largest absolute Gasteiger partial charge is 0.617 e. The van der Waals surface area contributed by atoms with Crippen LogP contribution in [0.15, 0.2) is 12.3 Å². The Morgan fingerprint density at radius 3 is 3.07 bits per heavy atom. The number of carbonyl (C=O) groups excluding carboxylic acids is 1. The Hall–Kier alpha value is -1.01. The Kier molecular flexibility index (Phi) is 4.64. The molecule has 0 fully saturated rings. The minimum absolute atomic E-state index is 0.337. The Balaban J connectivity index is 2.64. The van der Waals surface area contributed by atoms with E-state index in [1.54, 1.807) is 19.2 Å². The van der Waals surface area contributed by atoms with Gasteiger partial charge in [0, 0.05) is 6.20 Å². The monoisotopic (exact) mass is 230 g/mol. The summed E-state index contributed by atoms with van der Waals surface area (Å²) in [7, 11) is 0. The number of ether oxygens (including phenoxy) is 1. The standard InChI is InChI=1S/C9H14N2O3S/c1-3-14-9(12)8-4-5-10-11(8)6-7-15(2)13/h4-5H,3,6-7H2,1-2H3. The number of aryl methyl sites for hydroxylation is 1. The molecule has 0 amide bonds. The van der Waals surface area contributed by atoms with Gasteiger partial charge in [-0.3, -0.25) is 4.68 Å².